The predicted octanol–water partition coefficient (Wildman–Crippen LogP) is 3.86. The minimum Gasteiger partial charge on any atom is -0.442 e. The fourth-order valence-electron chi connectivity index (χ4n) is 3.99. The summed E-state index contributed by atoms with van der Waals surface area (Å²) in [4.78, 5) is 29.5. The lowest BCUT2D eigenvalue weighted by Crippen LogP contribution is -2.37. The van der Waals surface area contributed by atoms with Gasteiger partial charge in [-0.2, -0.15) is 0 Å². The van der Waals surface area contributed by atoms with Gasteiger partial charge in [0.25, 0.3) is 0 Å². The molecular weight excluding hydrogens is 418 g/mol. The van der Waals surface area contributed by atoms with Crippen molar-refractivity contribution in [1.29, 1.82) is 0 Å². The monoisotopic (exact) mass is 447 g/mol. The van der Waals surface area contributed by atoms with E-state index in [1.165, 1.54) is 6.92 Å². The Balaban J connectivity index is 1.31. The lowest BCUT2D eigenvalue weighted by atomic mass is 10.0. The molecule has 1 fully saturated rings. The van der Waals surface area contributed by atoms with Gasteiger partial charge in [0.05, 0.1) is 38.0 Å². The molecule has 0 spiro atoms. The van der Waals surface area contributed by atoms with Crippen molar-refractivity contribution in [2.24, 2.45) is 0 Å². The van der Waals surface area contributed by atoms with Crippen LogP contribution in [0.2, 0.25) is 0 Å². The van der Waals surface area contributed by atoms with Crippen LogP contribution in [-0.4, -0.2) is 47.1 Å². The molecule has 2 amide bonds. The van der Waals surface area contributed by atoms with Gasteiger partial charge in [0.2, 0.25) is 5.91 Å². The first kappa shape index (κ1) is 22.7. The number of carbonyl (C=O) groups excluding carboxylic acids is 2. The molecule has 2 atom stereocenters. The highest BCUT2D eigenvalue weighted by molar-refractivity contribution is 5.76. The van der Waals surface area contributed by atoms with Crippen LogP contribution in [0, 0.1) is 0 Å². The standard InChI is InChI=1S/C26H29N3O4/c1-19(30)28-15-25-16-29(26(31)33-25)24-7-4-5-21(12-13-24)22-10-8-20(9-11-22)17-32-18-23-6-2-3-14-27-23/h2-3,5-6,8-14,24-25H,4,7,15-18H2,1H3,(H,28,30). The topological polar surface area (TPSA) is 80.8 Å². The van der Waals surface area contributed by atoms with Gasteiger partial charge in [-0.1, -0.05) is 48.6 Å². The van der Waals surface area contributed by atoms with E-state index in [1.54, 1.807) is 11.1 Å². The first-order valence-corrected chi connectivity index (χ1v) is 11.3. The van der Waals surface area contributed by atoms with Crippen molar-refractivity contribution >= 4 is 17.6 Å². The highest BCUT2D eigenvalue weighted by Crippen LogP contribution is 2.26. The molecule has 1 aliphatic carbocycles. The number of hydrogen-bond acceptors (Lipinski definition) is 5. The maximum atomic E-state index is 12.3. The molecule has 1 aromatic carbocycles. The Morgan fingerprint density at radius 3 is 2.82 bits per heavy atom. The summed E-state index contributed by atoms with van der Waals surface area (Å²) in [5.74, 6) is -0.126. The molecule has 7 nitrogen and oxygen atoms in total. The summed E-state index contributed by atoms with van der Waals surface area (Å²) in [6.07, 6.45) is 9.20. The van der Waals surface area contributed by atoms with E-state index in [4.69, 9.17) is 9.47 Å². The van der Waals surface area contributed by atoms with Gasteiger partial charge in [-0.25, -0.2) is 4.79 Å². The van der Waals surface area contributed by atoms with Gasteiger partial charge in [0, 0.05) is 13.1 Å². The third-order valence-electron chi connectivity index (χ3n) is 5.74. The van der Waals surface area contributed by atoms with Crippen LogP contribution in [0.5, 0.6) is 0 Å². The molecule has 0 saturated carbocycles. The third-order valence-corrected chi connectivity index (χ3v) is 5.74. The fraction of sp³-hybridized carbons (Fsp3) is 0.346. The third kappa shape index (κ3) is 6.29. The Morgan fingerprint density at radius 2 is 2.06 bits per heavy atom. The van der Waals surface area contributed by atoms with Crippen molar-refractivity contribution in [3.63, 3.8) is 0 Å². The number of pyridine rings is 1. The fourth-order valence-corrected chi connectivity index (χ4v) is 3.99. The SMILES string of the molecule is CC(=O)NCC1CN(C2C=CC(c3ccc(COCc4ccccn4)cc3)=CCC2)C(=O)O1. The average Bonchev–Trinajstić information content (AvgIpc) is 3.03. The van der Waals surface area contributed by atoms with E-state index >= 15 is 0 Å². The maximum absolute atomic E-state index is 12.3. The van der Waals surface area contributed by atoms with Crippen molar-refractivity contribution in [2.45, 2.75) is 45.1 Å². The van der Waals surface area contributed by atoms with E-state index in [0.29, 0.717) is 26.3 Å². The first-order chi connectivity index (χ1) is 16.1. The Kier molecular flexibility index (Phi) is 7.52. The molecule has 1 N–H and O–H groups in total. The summed E-state index contributed by atoms with van der Waals surface area (Å²) >= 11 is 0. The zero-order valence-electron chi connectivity index (χ0n) is 18.8. The number of benzene rings is 1. The Bertz CT molecular complexity index is 1020. The van der Waals surface area contributed by atoms with Crippen LogP contribution in [0.1, 0.15) is 36.6 Å². The Morgan fingerprint density at radius 1 is 1.21 bits per heavy atom. The van der Waals surface area contributed by atoms with Crippen LogP contribution in [0.4, 0.5) is 4.79 Å². The molecule has 1 aliphatic heterocycles. The summed E-state index contributed by atoms with van der Waals surface area (Å²) in [7, 11) is 0. The molecule has 0 radical (unpaired) electrons. The van der Waals surface area contributed by atoms with Crippen LogP contribution in [0.15, 0.2) is 66.9 Å². The number of cyclic esters (lactones) is 1. The predicted molar refractivity (Wildman–Crippen MR) is 125 cm³/mol. The van der Waals surface area contributed by atoms with Crippen LogP contribution in [0.3, 0.4) is 0 Å². The zero-order chi connectivity index (χ0) is 23.0. The molecule has 4 rings (SSSR count). The molecule has 7 heteroatoms. The lowest BCUT2D eigenvalue weighted by molar-refractivity contribution is -0.119. The Hall–Kier alpha value is -3.45. The van der Waals surface area contributed by atoms with E-state index in [-0.39, 0.29) is 24.1 Å². The van der Waals surface area contributed by atoms with Gasteiger partial charge >= 0.3 is 6.09 Å². The van der Waals surface area contributed by atoms with Gasteiger partial charge in [0.1, 0.15) is 6.10 Å². The van der Waals surface area contributed by atoms with Gasteiger partial charge < -0.3 is 14.8 Å². The summed E-state index contributed by atoms with van der Waals surface area (Å²) < 4.78 is 11.2. The smallest absolute Gasteiger partial charge is 0.410 e. The molecule has 1 saturated heterocycles. The molecule has 2 aliphatic rings. The van der Waals surface area contributed by atoms with Gasteiger partial charge in [-0.15, -0.1) is 0 Å². The summed E-state index contributed by atoms with van der Waals surface area (Å²) in [6.45, 7) is 3.30. The largest absolute Gasteiger partial charge is 0.442 e. The maximum Gasteiger partial charge on any atom is 0.410 e. The van der Waals surface area contributed by atoms with Crippen molar-refractivity contribution < 1.29 is 19.1 Å². The quantitative estimate of drug-likeness (QED) is 0.665. The molecule has 172 valence electrons. The van der Waals surface area contributed by atoms with Gasteiger partial charge in [-0.3, -0.25) is 14.7 Å². The number of nitrogens with zero attached hydrogens (tertiary/aromatic N) is 2. The van der Waals surface area contributed by atoms with E-state index in [2.05, 4.69) is 52.8 Å². The number of hydrogen-bond donors (Lipinski definition) is 1. The second kappa shape index (κ2) is 10.9. The molecule has 0 bridgehead atoms. The molecular formula is C26H29N3O4. The first-order valence-electron chi connectivity index (χ1n) is 11.3. The zero-order valence-corrected chi connectivity index (χ0v) is 18.8. The second-order valence-electron chi connectivity index (χ2n) is 8.27. The minimum absolute atomic E-state index is 0.0205. The van der Waals surface area contributed by atoms with Gasteiger partial charge in [0.15, 0.2) is 0 Å². The van der Waals surface area contributed by atoms with Crippen LogP contribution >= 0.6 is 0 Å². The average molecular weight is 448 g/mol. The number of ether oxygens (including phenoxy) is 2. The highest BCUT2D eigenvalue weighted by atomic mass is 16.6. The van der Waals surface area contributed by atoms with E-state index < -0.39 is 0 Å². The molecule has 2 aromatic rings. The summed E-state index contributed by atoms with van der Waals surface area (Å²) in [5.41, 5.74) is 4.30. The van der Waals surface area contributed by atoms with Crippen molar-refractivity contribution in [1.82, 2.24) is 15.2 Å². The number of rotatable bonds is 8. The molecule has 33 heavy (non-hydrogen) atoms. The van der Waals surface area contributed by atoms with E-state index in [9.17, 15) is 9.59 Å². The molecule has 1 aromatic heterocycles. The van der Waals surface area contributed by atoms with Crippen LogP contribution in [-0.2, 0) is 27.5 Å². The molecule has 2 heterocycles. The molecule has 2 unspecified atom stereocenters. The minimum atomic E-state index is -0.321. The van der Waals surface area contributed by atoms with Crippen molar-refractivity contribution in [2.75, 3.05) is 13.1 Å². The lowest BCUT2D eigenvalue weighted by Gasteiger charge is -2.21. The Labute approximate surface area is 194 Å². The van der Waals surface area contributed by atoms with Crippen molar-refractivity contribution in [3.8, 4) is 0 Å². The highest BCUT2D eigenvalue weighted by Gasteiger charge is 2.35. The van der Waals surface area contributed by atoms with Gasteiger partial charge in [-0.05, 0) is 41.7 Å². The van der Waals surface area contributed by atoms with Crippen LogP contribution < -0.4 is 5.32 Å². The summed E-state index contributed by atoms with van der Waals surface area (Å²) in [5, 5.41) is 2.71. The van der Waals surface area contributed by atoms with Crippen LogP contribution in [0.25, 0.3) is 5.57 Å². The number of carbonyl (C=O) groups is 2. The van der Waals surface area contributed by atoms with E-state index in [1.807, 2.05) is 18.2 Å². The number of aromatic nitrogens is 1. The summed E-state index contributed by atoms with van der Waals surface area (Å²) in [6, 6.07) is 14.1. The second-order valence-corrected chi connectivity index (χ2v) is 8.27. The normalized spacial score (nSPS) is 20.2. The number of allylic oxidation sites excluding steroid dienone is 3. The number of nitrogens with one attached hydrogen (secondary N) is 1. The van der Waals surface area contributed by atoms with Crippen molar-refractivity contribution in [3.05, 3.63) is 83.7 Å². The number of amides is 2. The van der Waals surface area contributed by atoms with E-state index in [0.717, 1.165) is 35.2 Å².